The maximum absolute atomic E-state index is 6.18. The molecule has 2 heterocycles. The highest BCUT2D eigenvalue weighted by Gasteiger charge is 2.11. The van der Waals surface area contributed by atoms with Crippen molar-refractivity contribution in [2.24, 2.45) is 0 Å². The van der Waals surface area contributed by atoms with E-state index in [-0.39, 0.29) is 0 Å². The number of nitrogens with two attached hydrogens (primary N) is 2. The first kappa shape index (κ1) is 15.0. The van der Waals surface area contributed by atoms with Crippen molar-refractivity contribution >= 4 is 43.2 Å². The van der Waals surface area contributed by atoms with Gasteiger partial charge in [0.15, 0.2) is 0 Å². The Labute approximate surface area is 144 Å². The lowest BCUT2D eigenvalue weighted by atomic mass is 10.0. The Balaban J connectivity index is 2.08. The number of nitrogens with zero attached hydrogens (tertiary/aromatic N) is 2. The lowest BCUT2D eigenvalue weighted by Crippen LogP contribution is -1.98. The fourth-order valence-corrected chi connectivity index (χ4v) is 2.62. The van der Waals surface area contributed by atoms with Crippen molar-refractivity contribution < 1.29 is 0 Å². The molecule has 0 bridgehead atoms. The van der Waals surface area contributed by atoms with Crippen LogP contribution in [0.5, 0.6) is 0 Å². The summed E-state index contributed by atoms with van der Waals surface area (Å²) in [7, 11) is 0. The van der Waals surface area contributed by atoms with Gasteiger partial charge in [-0.2, -0.15) is 0 Å². The molecular formula is C16H12Br2N4. The molecule has 4 N–H and O–H groups in total. The fraction of sp³-hybridized carbons (Fsp3) is 0. The van der Waals surface area contributed by atoms with Crippen molar-refractivity contribution in [3.63, 3.8) is 0 Å². The van der Waals surface area contributed by atoms with Crippen molar-refractivity contribution in [2.45, 2.75) is 0 Å². The molecule has 4 nitrogen and oxygen atoms in total. The molecule has 0 saturated carbocycles. The van der Waals surface area contributed by atoms with Gasteiger partial charge in [-0.15, -0.1) is 0 Å². The summed E-state index contributed by atoms with van der Waals surface area (Å²) in [4.78, 5) is 8.72. The molecular weight excluding hydrogens is 408 g/mol. The molecule has 0 aliphatic rings. The van der Waals surface area contributed by atoms with Crippen LogP contribution in [0.4, 0.5) is 11.4 Å². The van der Waals surface area contributed by atoms with E-state index in [9.17, 15) is 0 Å². The van der Waals surface area contributed by atoms with E-state index in [1.807, 2.05) is 36.4 Å². The Bertz CT molecular complexity index is 744. The summed E-state index contributed by atoms with van der Waals surface area (Å²) in [6.07, 6.45) is 3.46. The molecule has 1 aromatic carbocycles. The molecule has 22 heavy (non-hydrogen) atoms. The number of aromatic nitrogens is 2. The molecule has 0 aliphatic heterocycles. The lowest BCUT2D eigenvalue weighted by Gasteiger charge is -2.11. The van der Waals surface area contributed by atoms with Gasteiger partial charge in [0, 0.05) is 43.8 Å². The zero-order valence-corrected chi connectivity index (χ0v) is 14.6. The maximum Gasteiger partial charge on any atom is 0.0724 e. The zero-order chi connectivity index (χ0) is 15.7. The van der Waals surface area contributed by atoms with E-state index in [2.05, 4.69) is 41.8 Å². The molecule has 0 atom stereocenters. The van der Waals surface area contributed by atoms with E-state index < -0.39 is 0 Å². The van der Waals surface area contributed by atoms with E-state index in [4.69, 9.17) is 11.5 Å². The third-order valence-corrected chi connectivity index (χ3v) is 4.17. The van der Waals surface area contributed by atoms with Crippen LogP contribution >= 0.6 is 31.9 Å². The van der Waals surface area contributed by atoms with Crippen LogP contribution in [0, 0.1) is 0 Å². The highest BCUT2D eigenvalue weighted by molar-refractivity contribution is 9.10. The normalized spacial score (nSPS) is 10.6. The number of pyridine rings is 2. The summed E-state index contributed by atoms with van der Waals surface area (Å²) in [6, 6.07) is 11.3. The Morgan fingerprint density at radius 2 is 1.09 bits per heavy atom. The zero-order valence-electron chi connectivity index (χ0n) is 11.4. The monoisotopic (exact) mass is 418 g/mol. The molecule has 3 aromatic rings. The van der Waals surface area contributed by atoms with Crippen LogP contribution in [0.3, 0.4) is 0 Å². The van der Waals surface area contributed by atoms with Gasteiger partial charge in [-0.05, 0) is 68.3 Å². The molecule has 2 aromatic heterocycles. The summed E-state index contributed by atoms with van der Waals surface area (Å²) in [6.45, 7) is 0. The van der Waals surface area contributed by atoms with E-state index in [1.54, 1.807) is 12.4 Å². The van der Waals surface area contributed by atoms with Crippen molar-refractivity contribution in [1.82, 2.24) is 9.97 Å². The van der Waals surface area contributed by atoms with Gasteiger partial charge in [-0.25, -0.2) is 0 Å². The molecule has 6 heteroatoms. The van der Waals surface area contributed by atoms with Crippen molar-refractivity contribution in [1.29, 1.82) is 0 Å². The van der Waals surface area contributed by atoms with Gasteiger partial charge < -0.3 is 11.5 Å². The van der Waals surface area contributed by atoms with Crippen molar-refractivity contribution in [2.75, 3.05) is 11.5 Å². The number of rotatable bonds is 2. The second-order valence-electron chi connectivity index (χ2n) is 4.75. The lowest BCUT2D eigenvalue weighted by molar-refractivity contribution is 1.30. The molecule has 0 saturated heterocycles. The van der Waals surface area contributed by atoms with Crippen LogP contribution in [0.15, 0.2) is 57.7 Å². The van der Waals surface area contributed by atoms with E-state index >= 15 is 0 Å². The first-order valence-corrected chi connectivity index (χ1v) is 8.06. The topological polar surface area (TPSA) is 77.8 Å². The van der Waals surface area contributed by atoms with Crippen molar-refractivity contribution in [3.8, 4) is 22.5 Å². The Morgan fingerprint density at radius 1 is 0.682 bits per heavy atom. The number of nitrogen functional groups attached to an aromatic ring is 2. The minimum atomic E-state index is 0.615. The van der Waals surface area contributed by atoms with Gasteiger partial charge in [0.1, 0.15) is 0 Å². The minimum Gasteiger partial charge on any atom is -0.398 e. The molecule has 110 valence electrons. The van der Waals surface area contributed by atoms with Crippen LogP contribution in [0.25, 0.3) is 22.5 Å². The molecule has 0 aliphatic carbocycles. The second-order valence-corrected chi connectivity index (χ2v) is 6.58. The third kappa shape index (κ3) is 2.98. The molecule has 0 unspecified atom stereocenters. The van der Waals surface area contributed by atoms with Gasteiger partial charge >= 0.3 is 0 Å². The van der Waals surface area contributed by atoms with E-state index in [0.717, 1.165) is 31.5 Å². The van der Waals surface area contributed by atoms with Gasteiger partial charge in [-0.1, -0.05) is 0 Å². The van der Waals surface area contributed by atoms with Crippen LogP contribution in [0.1, 0.15) is 0 Å². The van der Waals surface area contributed by atoms with Gasteiger partial charge in [0.25, 0.3) is 0 Å². The average Bonchev–Trinajstić information content (AvgIpc) is 2.51. The van der Waals surface area contributed by atoms with Crippen LogP contribution < -0.4 is 11.5 Å². The smallest absolute Gasteiger partial charge is 0.0724 e. The first-order valence-electron chi connectivity index (χ1n) is 6.47. The number of hydrogen-bond donors (Lipinski definition) is 2. The van der Waals surface area contributed by atoms with Crippen LogP contribution in [-0.4, -0.2) is 9.97 Å². The van der Waals surface area contributed by atoms with Crippen LogP contribution in [0.2, 0.25) is 0 Å². The number of hydrogen-bond acceptors (Lipinski definition) is 4. The number of halogens is 2. The Kier molecular flexibility index (Phi) is 4.13. The minimum absolute atomic E-state index is 0.615. The quantitative estimate of drug-likeness (QED) is 0.599. The Hall–Kier alpha value is -1.92. The molecule has 0 spiro atoms. The standard InChI is InChI=1S/C16H12Br2N4/c17-9-1-3-15(21-7-9)11-5-14(20)12(6-13(11)19)16-4-2-10(18)8-22-16/h1-8H,19-20H2. The van der Waals surface area contributed by atoms with E-state index in [0.29, 0.717) is 11.4 Å². The van der Waals surface area contributed by atoms with Gasteiger partial charge in [0.05, 0.1) is 11.4 Å². The molecule has 0 fully saturated rings. The first-order chi connectivity index (χ1) is 10.5. The third-order valence-electron chi connectivity index (χ3n) is 3.23. The van der Waals surface area contributed by atoms with Crippen molar-refractivity contribution in [3.05, 3.63) is 57.7 Å². The largest absolute Gasteiger partial charge is 0.398 e. The summed E-state index contributed by atoms with van der Waals surface area (Å²) in [5.41, 5.74) is 16.8. The molecule has 0 radical (unpaired) electrons. The number of benzene rings is 1. The summed E-state index contributed by atoms with van der Waals surface area (Å²) in [5, 5.41) is 0. The highest BCUT2D eigenvalue weighted by Crippen LogP contribution is 2.34. The number of anilines is 2. The highest BCUT2D eigenvalue weighted by atomic mass is 79.9. The molecule has 3 rings (SSSR count). The maximum atomic E-state index is 6.18. The predicted octanol–water partition coefficient (Wildman–Crippen LogP) is 4.50. The average molecular weight is 420 g/mol. The second kappa shape index (κ2) is 6.06. The van der Waals surface area contributed by atoms with E-state index in [1.165, 1.54) is 0 Å². The summed E-state index contributed by atoms with van der Waals surface area (Å²) in [5.74, 6) is 0. The summed E-state index contributed by atoms with van der Waals surface area (Å²) < 4.78 is 1.83. The summed E-state index contributed by atoms with van der Waals surface area (Å²) >= 11 is 6.74. The van der Waals surface area contributed by atoms with Crippen LogP contribution in [-0.2, 0) is 0 Å². The molecule has 0 amide bonds. The van der Waals surface area contributed by atoms with Gasteiger partial charge in [-0.3, -0.25) is 9.97 Å². The Morgan fingerprint density at radius 3 is 1.41 bits per heavy atom. The fourth-order valence-electron chi connectivity index (χ4n) is 2.15. The SMILES string of the molecule is Nc1cc(-c2ccc(Br)cn2)c(N)cc1-c1ccc(Br)cn1. The predicted molar refractivity (Wildman–Crippen MR) is 97.1 cm³/mol. The van der Waals surface area contributed by atoms with Gasteiger partial charge in [0.2, 0.25) is 0 Å².